The van der Waals surface area contributed by atoms with Crippen molar-refractivity contribution in [2.45, 2.75) is 0 Å². The highest BCUT2D eigenvalue weighted by Gasteiger charge is 2.16. The molecule has 0 spiro atoms. The van der Waals surface area contributed by atoms with Gasteiger partial charge in [-0.15, -0.1) is 0 Å². The molecule has 0 unspecified atom stereocenters. The number of carbonyl (C=O) groups is 1. The number of aromatic nitrogens is 2. The van der Waals surface area contributed by atoms with Crippen molar-refractivity contribution >= 4 is 22.2 Å². The molecule has 3 rings (SSSR count). The van der Waals surface area contributed by atoms with Crippen molar-refractivity contribution in [3.8, 4) is 22.9 Å². The number of halogens is 1. The van der Waals surface area contributed by atoms with Gasteiger partial charge in [0.15, 0.2) is 16.7 Å². The number of nitrogens with zero attached hydrogens (tertiary/aromatic N) is 2. The van der Waals surface area contributed by atoms with E-state index in [1.807, 2.05) is 24.3 Å². The minimum atomic E-state index is 0.447. The van der Waals surface area contributed by atoms with Gasteiger partial charge >= 0.3 is 0 Å². The van der Waals surface area contributed by atoms with Crippen molar-refractivity contribution < 1.29 is 13.9 Å². The highest BCUT2D eigenvalue weighted by atomic mass is 79.9. The molecule has 5 nitrogen and oxygen atoms in total. The third kappa shape index (κ3) is 2.50. The fourth-order valence-corrected chi connectivity index (χ4v) is 2.36. The topological polar surface area (TPSA) is 57.3 Å². The van der Waals surface area contributed by atoms with Crippen molar-refractivity contribution in [1.82, 2.24) is 9.78 Å². The van der Waals surface area contributed by atoms with Crippen LogP contribution in [0.3, 0.4) is 0 Å². The molecule has 0 aliphatic carbocycles. The van der Waals surface area contributed by atoms with Crippen LogP contribution in [0.4, 0.5) is 0 Å². The van der Waals surface area contributed by atoms with Gasteiger partial charge in [0, 0.05) is 6.20 Å². The van der Waals surface area contributed by atoms with E-state index in [0.717, 1.165) is 12.0 Å². The highest BCUT2D eigenvalue weighted by Crippen LogP contribution is 2.28. The summed E-state index contributed by atoms with van der Waals surface area (Å²) >= 11 is 3.24. The summed E-state index contributed by atoms with van der Waals surface area (Å²) in [4.78, 5) is 11.3. The number of benzene rings is 1. The van der Waals surface area contributed by atoms with Crippen LogP contribution in [0.15, 0.2) is 51.7 Å². The highest BCUT2D eigenvalue weighted by molar-refractivity contribution is 9.10. The lowest BCUT2D eigenvalue weighted by molar-refractivity contribution is 0.112. The predicted octanol–water partition coefficient (Wildman–Crippen LogP) is 3.72. The number of rotatable bonds is 4. The van der Waals surface area contributed by atoms with Gasteiger partial charge < -0.3 is 9.15 Å². The van der Waals surface area contributed by atoms with Crippen LogP contribution in [0.5, 0.6) is 5.75 Å². The molecule has 0 bridgehead atoms. The first-order valence-electron chi connectivity index (χ1n) is 6.17. The molecule has 0 amide bonds. The Morgan fingerprint density at radius 2 is 2.10 bits per heavy atom. The molecule has 106 valence electrons. The Kier molecular flexibility index (Phi) is 3.62. The standard InChI is InChI=1S/C15H11BrN2O3/c1-20-12-5-3-2-4-11(12)18-8-10(9-19)15(17-18)13-6-7-14(16)21-13/h2-9H,1H3. The number of para-hydroxylation sites is 2. The number of carbonyl (C=O) groups excluding carboxylic acids is 1. The molecule has 2 aromatic heterocycles. The molecular formula is C15H11BrN2O3. The number of hydrogen-bond donors (Lipinski definition) is 0. The van der Waals surface area contributed by atoms with E-state index >= 15 is 0 Å². The van der Waals surface area contributed by atoms with Gasteiger partial charge in [0.2, 0.25) is 0 Å². The van der Waals surface area contributed by atoms with Gasteiger partial charge in [-0.2, -0.15) is 5.10 Å². The van der Waals surface area contributed by atoms with Crippen LogP contribution in [-0.2, 0) is 0 Å². The molecular weight excluding hydrogens is 336 g/mol. The van der Waals surface area contributed by atoms with Crippen molar-refractivity contribution in [3.63, 3.8) is 0 Å². The average Bonchev–Trinajstić information content (AvgIpc) is 3.12. The molecule has 0 N–H and O–H groups in total. The van der Waals surface area contributed by atoms with Gasteiger partial charge in [0.05, 0.1) is 12.7 Å². The molecule has 0 aliphatic heterocycles. The Bertz CT molecular complexity index is 792. The zero-order valence-corrected chi connectivity index (χ0v) is 12.7. The van der Waals surface area contributed by atoms with E-state index in [0.29, 0.717) is 27.4 Å². The number of methoxy groups -OCH3 is 1. The summed E-state index contributed by atoms with van der Waals surface area (Å²) in [6, 6.07) is 11.0. The van der Waals surface area contributed by atoms with Crippen LogP contribution >= 0.6 is 15.9 Å². The van der Waals surface area contributed by atoms with Gasteiger partial charge in [-0.25, -0.2) is 4.68 Å². The number of furan rings is 1. The lowest BCUT2D eigenvalue weighted by Gasteiger charge is -2.07. The van der Waals surface area contributed by atoms with E-state index in [9.17, 15) is 4.79 Å². The number of hydrogen-bond acceptors (Lipinski definition) is 4. The van der Waals surface area contributed by atoms with E-state index in [2.05, 4.69) is 21.0 Å². The third-order valence-electron chi connectivity index (χ3n) is 3.01. The number of aldehydes is 1. The first kappa shape index (κ1) is 13.6. The molecule has 3 aromatic rings. The van der Waals surface area contributed by atoms with Gasteiger partial charge in [-0.3, -0.25) is 4.79 Å². The summed E-state index contributed by atoms with van der Waals surface area (Å²) in [6.07, 6.45) is 2.40. The lowest BCUT2D eigenvalue weighted by Crippen LogP contribution is -1.98. The van der Waals surface area contributed by atoms with Crippen LogP contribution < -0.4 is 4.74 Å². The summed E-state index contributed by atoms with van der Waals surface area (Å²) in [6.45, 7) is 0. The largest absolute Gasteiger partial charge is 0.494 e. The third-order valence-corrected chi connectivity index (χ3v) is 3.43. The smallest absolute Gasteiger partial charge is 0.169 e. The zero-order valence-electron chi connectivity index (χ0n) is 11.1. The lowest BCUT2D eigenvalue weighted by atomic mass is 10.2. The SMILES string of the molecule is COc1ccccc1-n1cc(C=O)c(-c2ccc(Br)o2)n1. The second-order valence-electron chi connectivity index (χ2n) is 4.27. The average molecular weight is 347 g/mol. The van der Waals surface area contributed by atoms with Crippen LogP contribution in [-0.4, -0.2) is 23.2 Å². The maximum atomic E-state index is 11.3. The number of ether oxygens (including phenoxy) is 1. The summed E-state index contributed by atoms with van der Waals surface area (Å²) < 4.78 is 13.0. The quantitative estimate of drug-likeness (QED) is 0.675. The van der Waals surface area contributed by atoms with Crippen molar-refractivity contribution in [2.75, 3.05) is 7.11 Å². The summed E-state index contributed by atoms with van der Waals surface area (Å²) in [5, 5.41) is 4.43. The Morgan fingerprint density at radius 1 is 1.29 bits per heavy atom. The van der Waals surface area contributed by atoms with Gasteiger partial charge in [0.25, 0.3) is 0 Å². The fraction of sp³-hybridized carbons (Fsp3) is 0.0667. The second kappa shape index (κ2) is 5.57. The van der Waals surface area contributed by atoms with E-state index in [-0.39, 0.29) is 0 Å². The van der Waals surface area contributed by atoms with Gasteiger partial charge in [0.1, 0.15) is 17.1 Å². The minimum absolute atomic E-state index is 0.447. The molecule has 0 aliphatic rings. The van der Waals surface area contributed by atoms with Crippen LogP contribution in [0.25, 0.3) is 17.1 Å². The summed E-state index contributed by atoms with van der Waals surface area (Å²) in [5.41, 5.74) is 1.68. The molecule has 0 radical (unpaired) electrons. The molecule has 0 saturated heterocycles. The Hall–Kier alpha value is -2.34. The summed E-state index contributed by atoms with van der Waals surface area (Å²) in [5.74, 6) is 1.20. The fourth-order valence-electron chi connectivity index (χ4n) is 2.05. The monoisotopic (exact) mass is 346 g/mol. The first-order valence-corrected chi connectivity index (χ1v) is 6.96. The predicted molar refractivity (Wildman–Crippen MR) is 80.9 cm³/mol. The van der Waals surface area contributed by atoms with Crippen LogP contribution in [0.2, 0.25) is 0 Å². The van der Waals surface area contributed by atoms with Crippen molar-refractivity contribution in [1.29, 1.82) is 0 Å². The maximum absolute atomic E-state index is 11.3. The van der Waals surface area contributed by atoms with Gasteiger partial charge in [-0.05, 0) is 40.2 Å². The van der Waals surface area contributed by atoms with Gasteiger partial charge in [-0.1, -0.05) is 12.1 Å². The van der Waals surface area contributed by atoms with Crippen molar-refractivity contribution in [2.24, 2.45) is 0 Å². The van der Waals surface area contributed by atoms with E-state index in [4.69, 9.17) is 9.15 Å². The summed E-state index contributed by atoms with van der Waals surface area (Å²) in [7, 11) is 1.59. The molecule has 1 aromatic carbocycles. The van der Waals surface area contributed by atoms with E-state index < -0.39 is 0 Å². The molecule has 0 saturated carbocycles. The first-order chi connectivity index (χ1) is 10.2. The van der Waals surface area contributed by atoms with E-state index in [1.165, 1.54) is 0 Å². The van der Waals surface area contributed by atoms with E-state index in [1.54, 1.807) is 30.1 Å². The van der Waals surface area contributed by atoms with Crippen LogP contribution in [0.1, 0.15) is 10.4 Å². The second-order valence-corrected chi connectivity index (χ2v) is 5.05. The zero-order chi connectivity index (χ0) is 14.8. The van der Waals surface area contributed by atoms with Crippen LogP contribution in [0, 0.1) is 0 Å². The molecule has 21 heavy (non-hydrogen) atoms. The molecule has 6 heteroatoms. The molecule has 0 atom stereocenters. The van der Waals surface area contributed by atoms with Crippen molar-refractivity contribution in [3.05, 3.63) is 52.8 Å². The minimum Gasteiger partial charge on any atom is -0.494 e. The Labute approximate surface area is 129 Å². The molecule has 2 heterocycles. The molecule has 0 fully saturated rings. The maximum Gasteiger partial charge on any atom is 0.169 e. The normalized spacial score (nSPS) is 10.6. The Balaban J connectivity index is 2.13. The Morgan fingerprint density at radius 3 is 2.76 bits per heavy atom.